The van der Waals surface area contributed by atoms with Crippen LogP contribution in [0.2, 0.25) is 0 Å². The number of rotatable bonds is 3. The zero-order valence-electron chi connectivity index (χ0n) is 11.4. The number of ketones is 1. The van der Waals surface area contributed by atoms with Gasteiger partial charge in [-0.1, -0.05) is 0 Å². The summed E-state index contributed by atoms with van der Waals surface area (Å²) < 4.78 is 0. The van der Waals surface area contributed by atoms with Gasteiger partial charge in [-0.25, -0.2) is 4.98 Å². The number of hydrogen-bond donors (Lipinski definition) is 2. The molecular weight excluding hydrogens is 250 g/mol. The number of Topliss-reactive ketones (excluding diaryl/α,β-unsaturated/α-hetero) is 1. The summed E-state index contributed by atoms with van der Waals surface area (Å²) >= 11 is 0. The first-order chi connectivity index (χ1) is 9.67. The summed E-state index contributed by atoms with van der Waals surface area (Å²) in [6.45, 7) is 1.56. The van der Waals surface area contributed by atoms with Crippen LogP contribution in [0, 0.1) is 0 Å². The first kappa shape index (κ1) is 12.4. The van der Waals surface area contributed by atoms with Crippen molar-refractivity contribution in [1.29, 1.82) is 0 Å². The summed E-state index contributed by atoms with van der Waals surface area (Å²) in [6.07, 6.45) is 0. The highest BCUT2D eigenvalue weighted by Crippen LogP contribution is 2.22. The fourth-order valence-electron chi connectivity index (χ4n) is 2.16. The number of nitrogens with zero attached hydrogens (tertiary/aromatic N) is 1. The highest BCUT2D eigenvalue weighted by Gasteiger charge is 2.07. The number of fused-ring (bicyclic) bond motifs is 1. The van der Waals surface area contributed by atoms with Crippen molar-refractivity contribution in [3.63, 3.8) is 0 Å². The van der Waals surface area contributed by atoms with Crippen molar-refractivity contribution in [2.45, 2.75) is 6.92 Å². The highest BCUT2D eigenvalue weighted by molar-refractivity contribution is 5.97. The van der Waals surface area contributed by atoms with E-state index in [4.69, 9.17) is 0 Å². The van der Waals surface area contributed by atoms with Gasteiger partial charge in [0, 0.05) is 23.9 Å². The van der Waals surface area contributed by atoms with Crippen LogP contribution in [0.25, 0.3) is 22.4 Å². The third-order valence-corrected chi connectivity index (χ3v) is 3.34. The summed E-state index contributed by atoms with van der Waals surface area (Å²) in [5, 5.41) is 3.08. The largest absolute Gasteiger partial charge is 0.388 e. The summed E-state index contributed by atoms with van der Waals surface area (Å²) in [5.41, 5.74) is 4.51. The maximum atomic E-state index is 11.4. The number of aromatic amines is 1. The average Bonchev–Trinajstić information content (AvgIpc) is 2.90. The summed E-state index contributed by atoms with van der Waals surface area (Å²) in [5.74, 6) is 0.866. The van der Waals surface area contributed by atoms with Crippen LogP contribution in [-0.4, -0.2) is 22.8 Å². The average molecular weight is 265 g/mol. The quantitative estimate of drug-likeness (QED) is 0.713. The third kappa shape index (κ3) is 2.16. The SMILES string of the molecule is CNc1ccc(-c2nc3ccc(C(C)=O)cc3[nH]2)cc1. The molecule has 0 aliphatic heterocycles. The number of anilines is 1. The van der Waals surface area contributed by atoms with Crippen molar-refractivity contribution < 1.29 is 4.79 Å². The molecule has 0 radical (unpaired) electrons. The lowest BCUT2D eigenvalue weighted by Gasteiger charge is -2.00. The standard InChI is InChI=1S/C16H15N3O/c1-10(20)12-5-8-14-15(9-12)19-16(18-14)11-3-6-13(17-2)7-4-11/h3-9,17H,1-2H3,(H,18,19). The minimum atomic E-state index is 0.0569. The number of nitrogens with one attached hydrogen (secondary N) is 2. The molecule has 0 bridgehead atoms. The Morgan fingerprint density at radius 3 is 2.55 bits per heavy atom. The van der Waals surface area contributed by atoms with Crippen LogP contribution in [0.5, 0.6) is 0 Å². The molecule has 4 nitrogen and oxygen atoms in total. The molecular formula is C16H15N3O. The van der Waals surface area contributed by atoms with Crippen molar-refractivity contribution in [3.05, 3.63) is 48.0 Å². The van der Waals surface area contributed by atoms with Gasteiger partial charge in [-0.05, 0) is 49.4 Å². The van der Waals surface area contributed by atoms with Crippen molar-refractivity contribution in [2.24, 2.45) is 0 Å². The summed E-state index contributed by atoms with van der Waals surface area (Å²) in [4.78, 5) is 19.2. The monoisotopic (exact) mass is 265 g/mol. The predicted molar refractivity (Wildman–Crippen MR) is 81.1 cm³/mol. The van der Waals surface area contributed by atoms with E-state index in [0.717, 1.165) is 28.1 Å². The van der Waals surface area contributed by atoms with E-state index in [1.54, 1.807) is 13.0 Å². The number of carbonyl (C=O) groups excluding carboxylic acids is 1. The van der Waals surface area contributed by atoms with Crippen molar-refractivity contribution >= 4 is 22.5 Å². The van der Waals surface area contributed by atoms with Crippen molar-refractivity contribution in [3.8, 4) is 11.4 Å². The second kappa shape index (κ2) is 4.81. The van der Waals surface area contributed by atoms with E-state index in [-0.39, 0.29) is 5.78 Å². The van der Waals surface area contributed by atoms with Crippen LogP contribution in [0.1, 0.15) is 17.3 Å². The van der Waals surface area contributed by atoms with Crippen molar-refractivity contribution in [2.75, 3.05) is 12.4 Å². The minimum absolute atomic E-state index is 0.0569. The molecule has 0 amide bonds. The molecule has 2 aromatic carbocycles. The number of H-pyrrole nitrogens is 1. The van der Waals surface area contributed by atoms with Gasteiger partial charge in [-0.3, -0.25) is 4.79 Å². The van der Waals surface area contributed by atoms with Gasteiger partial charge >= 0.3 is 0 Å². The van der Waals surface area contributed by atoms with Gasteiger partial charge in [0.05, 0.1) is 11.0 Å². The minimum Gasteiger partial charge on any atom is -0.388 e. The normalized spacial score (nSPS) is 10.7. The van der Waals surface area contributed by atoms with E-state index in [9.17, 15) is 4.79 Å². The molecule has 20 heavy (non-hydrogen) atoms. The molecule has 0 spiro atoms. The lowest BCUT2D eigenvalue weighted by atomic mass is 10.1. The summed E-state index contributed by atoms with van der Waals surface area (Å²) in [6, 6.07) is 13.5. The van der Waals surface area contributed by atoms with E-state index in [1.165, 1.54) is 0 Å². The van der Waals surface area contributed by atoms with E-state index < -0.39 is 0 Å². The Morgan fingerprint density at radius 1 is 1.15 bits per heavy atom. The lowest BCUT2D eigenvalue weighted by Crippen LogP contribution is -1.90. The maximum Gasteiger partial charge on any atom is 0.159 e. The first-order valence-electron chi connectivity index (χ1n) is 6.46. The zero-order valence-corrected chi connectivity index (χ0v) is 11.4. The van der Waals surface area contributed by atoms with Crippen LogP contribution < -0.4 is 5.32 Å². The van der Waals surface area contributed by atoms with E-state index in [1.807, 2.05) is 43.4 Å². The second-order valence-electron chi connectivity index (χ2n) is 4.70. The molecule has 1 aromatic heterocycles. The highest BCUT2D eigenvalue weighted by atomic mass is 16.1. The topological polar surface area (TPSA) is 57.8 Å². The molecule has 3 rings (SSSR count). The summed E-state index contributed by atoms with van der Waals surface area (Å²) in [7, 11) is 1.89. The number of aromatic nitrogens is 2. The Kier molecular flexibility index (Phi) is 2.99. The lowest BCUT2D eigenvalue weighted by molar-refractivity contribution is 0.101. The van der Waals surface area contributed by atoms with Gasteiger partial charge < -0.3 is 10.3 Å². The van der Waals surface area contributed by atoms with Gasteiger partial charge in [-0.15, -0.1) is 0 Å². The van der Waals surface area contributed by atoms with E-state index in [2.05, 4.69) is 15.3 Å². The molecule has 0 fully saturated rings. The number of hydrogen-bond acceptors (Lipinski definition) is 3. The molecule has 0 unspecified atom stereocenters. The smallest absolute Gasteiger partial charge is 0.159 e. The van der Waals surface area contributed by atoms with Gasteiger partial charge in [0.1, 0.15) is 5.82 Å². The second-order valence-corrected chi connectivity index (χ2v) is 4.70. The van der Waals surface area contributed by atoms with E-state index >= 15 is 0 Å². The molecule has 3 aromatic rings. The molecule has 0 saturated heterocycles. The maximum absolute atomic E-state index is 11.4. The molecule has 2 N–H and O–H groups in total. The molecule has 4 heteroatoms. The number of benzene rings is 2. The molecule has 0 aliphatic rings. The Bertz CT molecular complexity index is 772. The molecule has 0 saturated carbocycles. The van der Waals surface area contributed by atoms with Crippen LogP contribution in [0.3, 0.4) is 0 Å². The molecule has 1 heterocycles. The van der Waals surface area contributed by atoms with E-state index in [0.29, 0.717) is 5.56 Å². The van der Waals surface area contributed by atoms with Gasteiger partial charge in [0.2, 0.25) is 0 Å². The van der Waals surface area contributed by atoms with Gasteiger partial charge in [0.15, 0.2) is 5.78 Å². The number of carbonyl (C=O) groups is 1. The van der Waals surface area contributed by atoms with Crippen LogP contribution in [0.4, 0.5) is 5.69 Å². The Labute approximate surface area is 116 Å². The number of imidazole rings is 1. The molecule has 0 atom stereocenters. The fourth-order valence-corrected chi connectivity index (χ4v) is 2.16. The Balaban J connectivity index is 2.05. The predicted octanol–water partition coefficient (Wildman–Crippen LogP) is 3.47. The molecule has 0 aliphatic carbocycles. The van der Waals surface area contributed by atoms with Gasteiger partial charge in [-0.2, -0.15) is 0 Å². The fraction of sp³-hybridized carbons (Fsp3) is 0.125. The van der Waals surface area contributed by atoms with Crippen LogP contribution >= 0.6 is 0 Å². The van der Waals surface area contributed by atoms with Crippen molar-refractivity contribution in [1.82, 2.24) is 9.97 Å². The van der Waals surface area contributed by atoms with Crippen LogP contribution in [0.15, 0.2) is 42.5 Å². The Morgan fingerprint density at radius 2 is 1.90 bits per heavy atom. The zero-order chi connectivity index (χ0) is 14.1. The first-order valence-corrected chi connectivity index (χ1v) is 6.46. The Hall–Kier alpha value is -2.62. The van der Waals surface area contributed by atoms with Crippen LogP contribution in [-0.2, 0) is 0 Å². The van der Waals surface area contributed by atoms with Gasteiger partial charge in [0.25, 0.3) is 0 Å². The third-order valence-electron chi connectivity index (χ3n) is 3.34. The molecule has 100 valence electrons.